The zero-order valence-electron chi connectivity index (χ0n) is 26.7. The fourth-order valence-corrected chi connectivity index (χ4v) is 6.59. The SMILES string of the molecule is Cc1c(Nc2nccc3cc(C=O)cnc23)cccc1-c1cccc(-c2nc3cc(CN4CCC(C)(C(=O)O)C4)cc(C#N)c3o2)c1C. The predicted molar refractivity (Wildman–Crippen MR) is 183 cm³/mol. The molecule has 3 aromatic carbocycles. The van der Waals surface area contributed by atoms with Crippen molar-refractivity contribution in [1.82, 2.24) is 19.9 Å². The second-order valence-electron chi connectivity index (χ2n) is 12.6. The number of carboxylic acids is 1. The van der Waals surface area contributed by atoms with Crippen LogP contribution in [0.4, 0.5) is 11.5 Å². The number of fused-ring (bicyclic) bond motifs is 2. The number of aldehydes is 1. The van der Waals surface area contributed by atoms with Crippen LogP contribution in [0.15, 0.2) is 77.5 Å². The van der Waals surface area contributed by atoms with E-state index in [0.29, 0.717) is 65.5 Å². The third kappa shape index (κ3) is 5.44. The lowest BCUT2D eigenvalue weighted by atomic mass is 9.90. The lowest BCUT2D eigenvalue weighted by molar-refractivity contribution is -0.147. The molecule has 1 aliphatic heterocycles. The highest BCUT2D eigenvalue weighted by atomic mass is 16.4. The smallest absolute Gasteiger partial charge is 0.310 e. The number of nitrogens with zero attached hydrogens (tertiary/aromatic N) is 5. The van der Waals surface area contributed by atoms with Crippen LogP contribution in [-0.4, -0.2) is 50.3 Å². The molecule has 0 bridgehead atoms. The van der Waals surface area contributed by atoms with E-state index in [9.17, 15) is 20.0 Å². The van der Waals surface area contributed by atoms with Crippen LogP contribution in [0.25, 0.3) is 44.6 Å². The van der Waals surface area contributed by atoms with Gasteiger partial charge in [0.1, 0.15) is 17.1 Å². The van der Waals surface area contributed by atoms with Gasteiger partial charge in [0.05, 0.1) is 11.0 Å². The van der Waals surface area contributed by atoms with Gasteiger partial charge in [-0.25, -0.2) is 9.97 Å². The number of oxazole rings is 1. The molecule has 1 aliphatic rings. The van der Waals surface area contributed by atoms with Gasteiger partial charge in [0.15, 0.2) is 17.7 Å². The number of carboxylic acid groups (broad SMARTS) is 1. The molecule has 0 amide bonds. The molecule has 6 aromatic rings. The normalized spacial score (nSPS) is 16.3. The number of hydrogen-bond donors (Lipinski definition) is 2. The second-order valence-corrected chi connectivity index (χ2v) is 12.6. The Kier molecular flexibility index (Phi) is 7.70. The number of likely N-dealkylation sites (tertiary alicyclic amines) is 1. The predicted octanol–water partition coefficient (Wildman–Crippen LogP) is 7.45. The number of carbonyl (C=O) groups excluding carboxylic acids is 1. The second kappa shape index (κ2) is 12.0. The van der Waals surface area contributed by atoms with Crippen molar-refractivity contribution in [2.24, 2.45) is 5.41 Å². The molecule has 0 saturated carbocycles. The molecule has 7 rings (SSSR count). The minimum absolute atomic E-state index is 0.392. The Balaban J connectivity index is 1.21. The minimum Gasteiger partial charge on any atom is -0.481 e. The molecule has 0 aliphatic carbocycles. The summed E-state index contributed by atoms with van der Waals surface area (Å²) < 4.78 is 6.25. The number of pyridine rings is 2. The van der Waals surface area contributed by atoms with Crippen molar-refractivity contribution >= 4 is 45.8 Å². The number of anilines is 2. The Morgan fingerprint density at radius 1 is 1.08 bits per heavy atom. The lowest BCUT2D eigenvalue weighted by Gasteiger charge is -2.20. The number of aliphatic carboxylic acids is 1. The number of benzene rings is 3. The maximum Gasteiger partial charge on any atom is 0.310 e. The third-order valence-electron chi connectivity index (χ3n) is 9.34. The van der Waals surface area contributed by atoms with Gasteiger partial charge in [-0.2, -0.15) is 5.26 Å². The minimum atomic E-state index is -0.788. The monoisotopic (exact) mass is 636 g/mol. The van der Waals surface area contributed by atoms with E-state index in [0.717, 1.165) is 50.7 Å². The first kappa shape index (κ1) is 30.7. The molecule has 48 heavy (non-hydrogen) atoms. The molecule has 4 heterocycles. The summed E-state index contributed by atoms with van der Waals surface area (Å²) in [5.74, 6) is 0.227. The molecule has 0 radical (unpaired) electrons. The van der Waals surface area contributed by atoms with Crippen molar-refractivity contribution < 1.29 is 19.1 Å². The van der Waals surface area contributed by atoms with Crippen LogP contribution >= 0.6 is 0 Å². The highest BCUT2D eigenvalue weighted by Gasteiger charge is 2.40. The Hall–Kier alpha value is -5.92. The van der Waals surface area contributed by atoms with Crippen molar-refractivity contribution in [3.63, 3.8) is 0 Å². The van der Waals surface area contributed by atoms with Crippen LogP contribution in [-0.2, 0) is 11.3 Å². The molecule has 238 valence electrons. The first-order valence-electron chi connectivity index (χ1n) is 15.6. The average molecular weight is 637 g/mol. The standard InChI is InChI=1S/C38H32N6O4/c1-22-28(29-7-5-9-31(23(29)2)42-35-33-26(10-12-40-35)15-25(20-45)18-41-33)6-4-8-30(22)36-43-32-16-24(14-27(17-39)34(32)48-36)19-44-13-11-38(3,21-44)37(46)47/h4-10,12,14-16,18,20H,11,13,19,21H2,1-3H3,(H,40,42)(H,46,47). The van der Waals surface area contributed by atoms with Crippen LogP contribution in [0.2, 0.25) is 0 Å². The van der Waals surface area contributed by atoms with Crippen molar-refractivity contribution in [1.29, 1.82) is 5.26 Å². The van der Waals surface area contributed by atoms with Gasteiger partial charge in [-0.15, -0.1) is 0 Å². The van der Waals surface area contributed by atoms with Crippen LogP contribution in [0, 0.1) is 30.6 Å². The van der Waals surface area contributed by atoms with Gasteiger partial charge in [0, 0.05) is 47.7 Å². The summed E-state index contributed by atoms with van der Waals surface area (Å²) in [6, 6.07) is 21.6. The van der Waals surface area contributed by atoms with E-state index < -0.39 is 11.4 Å². The van der Waals surface area contributed by atoms with Crippen molar-refractivity contribution in [3.05, 3.63) is 101 Å². The average Bonchev–Trinajstić information content (AvgIpc) is 3.69. The van der Waals surface area contributed by atoms with E-state index in [2.05, 4.69) is 38.4 Å². The quantitative estimate of drug-likeness (QED) is 0.162. The molecular weight excluding hydrogens is 604 g/mol. The molecule has 1 atom stereocenters. The summed E-state index contributed by atoms with van der Waals surface area (Å²) in [6.45, 7) is 7.51. The van der Waals surface area contributed by atoms with Gasteiger partial charge < -0.3 is 14.8 Å². The zero-order valence-corrected chi connectivity index (χ0v) is 26.7. The number of carbonyl (C=O) groups is 2. The van der Waals surface area contributed by atoms with Gasteiger partial charge in [-0.1, -0.05) is 24.3 Å². The molecular formula is C38H32N6O4. The summed E-state index contributed by atoms with van der Waals surface area (Å²) >= 11 is 0. The first-order valence-corrected chi connectivity index (χ1v) is 15.6. The summed E-state index contributed by atoms with van der Waals surface area (Å²) in [5.41, 5.74) is 8.38. The molecule has 10 heteroatoms. The van der Waals surface area contributed by atoms with Crippen LogP contribution in [0.3, 0.4) is 0 Å². The summed E-state index contributed by atoms with van der Waals surface area (Å²) in [5, 5.41) is 23.9. The van der Waals surface area contributed by atoms with Crippen molar-refractivity contribution in [2.75, 3.05) is 18.4 Å². The zero-order chi connectivity index (χ0) is 33.6. The van der Waals surface area contributed by atoms with E-state index in [-0.39, 0.29) is 0 Å². The number of nitriles is 1. The van der Waals surface area contributed by atoms with Gasteiger partial charge in [0.25, 0.3) is 0 Å². The van der Waals surface area contributed by atoms with E-state index in [1.807, 2.05) is 50.2 Å². The van der Waals surface area contributed by atoms with Crippen LogP contribution in [0.1, 0.15) is 46.0 Å². The topological polar surface area (TPSA) is 145 Å². The summed E-state index contributed by atoms with van der Waals surface area (Å²) in [4.78, 5) is 38.9. The van der Waals surface area contributed by atoms with Gasteiger partial charge in [-0.05, 0) is 98.0 Å². The van der Waals surface area contributed by atoms with Crippen molar-refractivity contribution in [3.8, 4) is 28.7 Å². The third-order valence-corrected chi connectivity index (χ3v) is 9.34. The van der Waals surface area contributed by atoms with Gasteiger partial charge in [0.2, 0.25) is 5.89 Å². The van der Waals surface area contributed by atoms with Crippen LogP contribution < -0.4 is 5.32 Å². The Labute approximate surface area is 276 Å². The molecule has 10 nitrogen and oxygen atoms in total. The maximum atomic E-state index is 11.7. The fourth-order valence-electron chi connectivity index (χ4n) is 6.59. The Morgan fingerprint density at radius 3 is 2.60 bits per heavy atom. The number of nitrogens with one attached hydrogen (secondary N) is 1. The first-order chi connectivity index (χ1) is 23.2. The number of rotatable bonds is 8. The summed E-state index contributed by atoms with van der Waals surface area (Å²) in [6.07, 6.45) is 4.59. The van der Waals surface area contributed by atoms with Crippen molar-refractivity contribution in [2.45, 2.75) is 33.7 Å². The van der Waals surface area contributed by atoms with Crippen LogP contribution in [0.5, 0.6) is 0 Å². The molecule has 1 fully saturated rings. The Bertz CT molecular complexity index is 2310. The highest BCUT2D eigenvalue weighted by molar-refractivity contribution is 5.93. The van der Waals surface area contributed by atoms with E-state index >= 15 is 0 Å². The molecule has 1 unspecified atom stereocenters. The van der Waals surface area contributed by atoms with Gasteiger partial charge >= 0.3 is 5.97 Å². The van der Waals surface area contributed by atoms with E-state index in [1.165, 1.54) is 6.20 Å². The largest absolute Gasteiger partial charge is 0.481 e. The van der Waals surface area contributed by atoms with Gasteiger partial charge in [-0.3, -0.25) is 19.5 Å². The highest BCUT2D eigenvalue weighted by Crippen LogP contribution is 2.38. The number of aromatic nitrogens is 3. The molecule has 3 aromatic heterocycles. The number of hydrogen-bond acceptors (Lipinski definition) is 9. The summed E-state index contributed by atoms with van der Waals surface area (Å²) in [7, 11) is 0. The van der Waals surface area contributed by atoms with E-state index in [4.69, 9.17) is 9.40 Å². The fraction of sp³-hybridized carbons (Fsp3) is 0.211. The molecule has 0 spiro atoms. The van der Waals surface area contributed by atoms with E-state index in [1.54, 1.807) is 25.3 Å². The Morgan fingerprint density at radius 2 is 1.85 bits per heavy atom. The molecule has 2 N–H and O–H groups in total. The maximum absolute atomic E-state index is 11.7. The molecule has 1 saturated heterocycles. The lowest BCUT2D eigenvalue weighted by Crippen LogP contribution is -2.31.